The SMILES string of the molecule is N/C(=N\C(=O)Nc1cccc2cnccc12)C1CCCN(Cc2ccccc2C(F)(F)F)C1. The predicted octanol–water partition coefficient (Wildman–Crippen LogP) is 5.05. The molecule has 1 unspecified atom stereocenters. The Balaban J connectivity index is 1.43. The van der Waals surface area contributed by atoms with Crippen LogP contribution in [0, 0.1) is 5.92 Å². The standard InChI is InChI=1S/C24H24F3N5O/c25-24(26,27)20-8-2-1-5-17(20)14-32-12-4-7-18(15-32)22(28)31-23(33)30-21-9-3-6-16-13-29-11-10-19(16)21/h1-3,5-6,8-11,13,18H,4,7,12,14-15H2,(H3,28,30,31,33). The number of benzene rings is 2. The number of nitrogens with one attached hydrogen (secondary N) is 1. The Morgan fingerprint density at radius 2 is 2.00 bits per heavy atom. The number of carbonyl (C=O) groups excluding carboxylic acids is 1. The summed E-state index contributed by atoms with van der Waals surface area (Å²) in [6, 6.07) is 12.3. The zero-order chi connectivity index (χ0) is 23.4. The molecule has 1 aliphatic heterocycles. The van der Waals surface area contributed by atoms with Gasteiger partial charge in [0.15, 0.2) is 0 Å². The average molecular weight is 455 g/mol. The topological polar surface area (TPSA) is 83.6 Å². The lowest BCUT2D eigenvalue weighted by Gasteiger charge is -2.32. The van der Waals surface area contributed by atoms with Crippen molar-refractivity contribution in [3.8, 4) is 0 Å². The van der Waals surface area contributed by atoms with Gasteiger partial charge < -0.3 is 11.1 Å². The van der Waals surface area contributed by atoms with Crippen LogP contribution in [0.3, 0.4) is 0 Å². The summed E-state index contributed by atoms with van der Waals surface area (Å²) >= 11 is 0. The molecule has 3 aromatic rings. The van der Waals surface area contributed by atoms with E-state index in [1.54, 1.807) is 30.6 Å². The lowest BCUT2D eigenvalue weighted by atomic mass is 9.96. The van der Waals surface area contributed by atoms with Crippen LogP contribution in [0.5, 0.6) is 0 Å². The Labute approximate surface area is 189 Å². The predicted molar refractivity (Wildman–Crippen MR) is 122 cm³/mol. The number of hydrogen-bond donors (Lipinski definition) is 2. The van der Waals surface area contributed by atoms with Crippen LogP contribution in [0.1, 0.15) is 24.0 Å². The van der Waals surface area contributed by atoms with E-state index in [0.717, 1.165) is 29.7 Å². The maximum atomic E-state index is 13.3. The third kappa shape index (κ3) is 5.48. The molecule has 9 heteroatoms. The molecule has 0 bridgehead atoms. The van der Waals surface area contributed by atoms with Crippen LogP contribution in [-0.2, 0) is 12.7 Å². The number of likely N-dealkylation sites (tertiary alicyclic amines) is 1. The molecule has 0 aliphatic carbocycles. The van der Waals surface area contributed by atoms with E-state index < -0.39 is 17.8 Å². The van der Waals surface area contributed by atoms with Gasteiger partial charge in [-0.15, -0.1) is 0 Å². The molecule has 2 aromatic carbocycles. The fourth-order valence-electron chi connectivity index (χ4n) is 4.20. The molecule has 1 aliphatic rings. The number of piperidine rings is 1. The van der Waals surface area contributed by atoms with Crippen molar-refractivity contribution < 1.29 is 18.0 Å². The number of fused-ring (bicyclic) bond motifs is 1. The van der Waals surface area contributed by atoms with Gasteiger partial charge in [-0.25, -0.2) is 4.79 Å². The van der Waals surface area contributed by atoms with E-state index >= 15 is 0 Å². The van der Waals surface area contributed by atoms with Gasteiger partial charge in [-0.2, -0.15) is 18.2 Å². The van der Waals surface area contributed by atoms with Gasteiger partial charge in [0.05, 0.1) is 11.3 Å². The Morgan fingerprint density at radius 1 is 1.18 bits per heavy atom. The monoisotopic (exact) mass is 455 g/mol. The zero-order valence-corrected chi connectivity index (χ0v) is 17.8. The number of hydrogen-bond acceptors (Lipinski definition) is 3. The van der Waals surface area contributed by atoms with Gasteiger partial charge in [-0.05, 0) is 43.1 Å². The summed E-state index contributed by atoms with van der Waals surface area (Å²) in [6.45, 7) is 1.26. The summed E-state index contributed by atoms with van der Waals surface area (Å²) in [7, 11) is 0. The van der Waals surface area contributed by atoms with Crippen molar-refractivity contribution in [1.29, 1.82) is 0 Å². The molecular formula is C24H24F3N5O. The molecule has 2 amide bonds. The highest BCUT2D eigenvalue weighted by atomic mass is 19.4. The summed E-state index contributed by atoms with van der Waals surface area (Å²) in [5.41, 5.74) is 6.34. The van der Waals surface area contributed by atoms with Crippen LogP contribution in [-0.4, -0.2) is 34.8 Å². The minimum atomic E-state index is -4.40. The fourth-order valence-corrected chi connectivity index (χ4v) is 4.20. The first-order valence-corrected chi connectivity index (χ1v) is 10.7. The number of amides is 2. The van der Waals surface area contributed by atoms with E-state index in [2.05, 4.69) is 15.3 Å². The Hall–Kier alpha value is -3.46. The van der Waals surface area contributed by atoms with Crippen molar-refractivity contribution in [2.24, 2.45) is 16.6 Å². The van der Waals surface area contributed by atoms with E-state index in [9.17, 15) is 18.0 Å². The van der Waals surface area contributed by atoms with Crippen LogP contribution in [0.25, 0.3) is 10.8 Å². The number of amidine groups is 1. The summed E-state index contributed by atoms with van der Waals surface area (Å²) in [6.07, 6.45) is 0.425. The second-order valence-corrected chi connectivity index (χ2v) is 8.10. The Bertz CT molecular complexity index is 1170. The first-order valence-electron chi connectivity index (χ1n) is 10.7. The van der Waals surface area contributed by atoms with Gasteiger partial charge in [0, 0.05) is 42.2 Å². The first-order chi connectivity index (χ1) is 15.8. The minimum absolute atomic E-state index is 0.162. The molecule has 33 heavy (non-hydrogen) atoms. The lowest BCUT2D eigenvalue weighted by Crippen LogP contribution is -2.41. The molecule has 1 fully saturated rings. The molecule has 1 saturated heterocycles. The van der Waals surface area contributed by atoms with Crippen molar-refractivity contribution in [1.82, 2.24) is 9.88 Å². The van der Waals surface area contributed by atoms with Crippen LogP contribution in [0.2, 0.25) is 0 Å². The molecule has 6 nitrogen and oxygen atoms in total. The molecule has 0 radical (unpaired) electrons. The summed E-state index contributed by atoms with van der Waals surface area (Å²) in [4.78, 5) is 22.5. The third-order valence-electron chi connectivity index (χ3n) is 5.79. The molecule has 1 aromatic heterocycles. The van der Waals surface area contributed by atoms with Crippen molar-refractivity contribution in [2.75, 3.05) is 18.4 Å². The number of aliphatic imine (C=N–C) groups is 1. The molecule has 3 N–H and O–H groups in total. The summed E-state index contributed by atoms with van der Waals surface area (Å²) < 4.78 is 40.0. The maximum absolute atomic E-state index is 13.3. The third-order valence-corrected chi connectivity index (χ3v) is 5.79. The summed E-state index contributed by atoms with van der Waals surface area (Å²) in [5, 5.41) is 4.48. The van der Waals surface area contributed by atoms with Crippen LogP contribution in [0.4, 0.5) is 23.7 Å². The summed E-state index contributed by atoms with van der Waals surface area (Å²) in [5.74, 6) is -0.0255. The van der Waals surface area contributed by atoms with Gasteiger partial charge in [0.1, 0.15) is 5.84 Å². The number of pyridine rings is 1. The van der Waals surface area contributed by atoms with Crippen molar-refractivity contribution >= 4 is 28.3 Å². The van der Waals surface area contributed by atoms with Crippen molar-refractivity contribution in [3.05, 3.63) is 72.1 Å². The van der Waals surface area contributed by atoms with E-state index in [-0.39, 0.29) is 23.9 Å². The highest BCUT2D eigenvalue weighted by molar-refractivity contribution is 6.05. The highest BCUT2D eigenvalue weighted by Crippen LogP contribution is 2.33. The molecule has 1 atom stereocenters. The molecule has 4 rings (SSSR count). The maximum Gasteiger partial charge on any atom is 0.416 e. The normalized spacial score (nSPS) is 17.8. The zero-order valence-electron chi connectivity index (χ0n) is 17.8. The quantitative estimate of drug-likeness (QED) is 0.426. The van der Waals surface area contributed by atoms with Crippen molar-refractivity contribution in [2.45, 2.75) is 25.6 Å². The molecule has 2 heterocycles. The van der Waals surface area contributed by atoms with E-state index in [0.29, 0.717) is 18.8 Å². The minimum Gasteiger partial charge on any atom is -0.387 e. The molecule has 0 saturated carbocycles. The van der Waals surface area contributed by atoms with E-state index in [1.165, 1.54) is 12.1 Å². The second kappa shape index (κ2) is 9.58. The Morgan fingerprint density at radius 3 is 2.82 bits per heavy atom. The van der Waals surface area contributed by atoms with Gasteiger partial charge in [-0.3, -0.25) is 9.88 Å². The van der Waals surface area contributed by atoms with Gasteiger partial charge in [-0.1, -0.05) is 30.3 Å². The second-order valence-electron chi connectivity index (χ2n) is 8.10. The smallest absolute Gasteiger partial charge is 0.387 e. The van der Waals surface area contributed by atoms with Crippen molar-refractivity contribution in [3.63, 3.8) is 0 Å². The Kier molecular flexibility index (Phi) is 6.60. The molecule has 172 valence electrons. The number of carbonyl (C=O) groups is 1. The van der Waals surface area contributed by atoms with E-state index in [4.69, 9.17) is 5.73 Å². The number of anilines is 1. The van der Waals surface area contributed by atoms with Crippen LogP contribution < -0.4 is 11.1 Å². The van der Waals surface area contributed by atoms with Crippen LogP contribution in [0.15, 0.2) is 65.9 Å². The number of alkyl halides is 3. The number of aromatic nitrogens is 1. The highest BCUT2D eigenvalue weighted by Gasteiger charge is 2.34. The van der Waals surface area contributed by atoms with Gasteiger partial charge in [0.25, 0.3) is 0 Å². The van der Waals surface area contributed by atoms with E-state index in [1.807, 2.05) is 17.0 Å². The average Bonchev–Trinajstić information content (AvgIpc) is 2.79. The largest absolute Gasteiger partial charge is 0.416 e. The van der Waals surface area contributed by atoms with Crippen LogP contribution >= 0.6 is 0 Å². The lowest BCUT2D eigenvalue weighted by molar-refractivity contribution is -0.138. The number of nitrogens with zero attached hydrogens (tertiary/aromatic N) is 3. The number of urea groups is 1. The number of nitrogens with two attached hydrogens (primary N) is 1. The van der Waals surface area contributed by atoms with Gasteiger partial charge in [0.2, 0.25) is 0 Å². The first kappa shape index (κ1) is 22.7. The van der Waals surface area contributed by atoms with Gasteiger partial charge >= 0.3 is 12.2 Å². The number of rotatable bonds is 4. The molecule has 0 spiro atoms. The fraction of sp³-hybridized carbons (Fsp3) is 0.292. The number of halogens is 3. The molecular weight excluding hydrogens is 431 g/mol.